The molecule has 0 aliphatic rings. The number of carbonyl (C=O) groups excluding carboxylic acids is 1. The molecule has 0 atom stereocenters. The van der Waals surface area contributed by atoms with Gasteiger partial charge in [0.2, 0.25) is 0 Å². The summed E-state index contributed by atoms with van der Waals surface area (Å²) in [7, 11) is 0. The zero-order valence-corrected chi connectivity index (χ0v) is 17.3. The van der Waals surface area contributed by atoms with Gasteiger partial charge in [-0.15, -0.1) is 0 Å². The van der Waals surface area contributed by atoms with Gasteiger partial charge in [0, 0.05) is 30.4 Å². The lowest BCUT2D eigenvalue weighted by Gasteiger charge is -2.10. The Balaban J connectivity index is 1.66. The maximum atomic E-state index is 12.7. The first-order valence-corrected chi connectivity index (χ1v) is 10.6. The Kier molecular flexibility index (Phi) is 9.05. The van der Waals surface area contributed by atoms with Crippen molar-refractivity contribution in [3.63, 3.8) is 0 Å². The molecular weight excluding hydrogens is 352 g/mol. The van der Waals surface area contributed by atoms with Crippen molar-refractivity contribution < 1.29 is 14.7 Å². The minimum absolute atomic E-state index is 0.0222. The number of benzene rings is 1. The van der Waals surface area contributed by atoms with E-state index < -0.39 is 5.97 Å². The third kappa shape index (κ3) is 6.11. The third-order valence-electron chi connectivity index (χ3n) is 5.36. The van der Waals surface area contributed by atoms with Crippen molar-refractivity contribution in [2.24, 2.45) is 0 Å². The van der Waals surface area contributed by atoms with Crippen LogP contribution in [0.1, 0.15) is 80.8 Å². The molecule has 0 radical (unpaired) electrons. The normalized spacial score (nSPS) is 11.1. The van der Waals surface area contributed by atoms with Gasteiger partial charge in [0.25, 0.3) is 5.91 Å². The van der Waals surface area contributed by atoms with E-state index in [1.807, 2.05) is 19.1 Å². The van der Waals surface area contributed by atoms with Gasteiger partial charge in [-0.2, -0.15) is 0 Å². The SMILES string of the molecule is CCn1c(C(=O)NCCCCCCCCCCC(=O)O)c(C)c2ccccc21. The molecule has 2 rings (SSSR count). The number of para-hydroxylation sites is 1. The van der Waals surface area contributed by atoms with E-state index in [1.54, 1.807) is 0 Å². The summed E-state index contributed by atoms with van der Waals surface area (Å²) in [4.78, 5) is 23.2. The Hall–Kier alpha value is -2.30. The molecule has 0 aliphatic carbocycles. The number of amides is 1. The van der Waals surface area contributed by atoms with Crippen LogP contribution in [0.5, 0.6) is 0 Å². The molecule has 0 aliphatic heterocycles. The lowest BCUT2D eigenvalue weighted by molar-refractivity contribution is -0.137. The first kappa shape index (κ1) is 22.0. The molecule has 0 spiro atoms. The number of carboxylic acid groups (broad SMARTS) is 1. The van der Waals surface area contributed by atoms with E-state index >= 15 is 0 Å². The molecule has 0 saturated heterocycles. The Morgan fingerprint density at radius 3 is 2.21 bits per heavy atom. The maximum absolute atomic E-state index is 12.7. The predicted octanol–water partition coefficient (Wildman–Crippen LogP) is 5.29. The number of aromatic nitrogens is 1. The third-order valence-corrected chi connectivity index (χ3v) is 5.36. The van der Waals surface area contributed by atoms with E-state index in [-0.39, 0.29) is 12.3 Å². The van der Waals surface area contributed by atoms with E-state index in [0.29, 0.717) is 6.54 Å². The molecule has 0 bridgehead atoms. The number of aliphatic carboxylic acids is 1. The number of aryl methyl sites for hydroxylation is 2. The van der Waals surface area contributed by atoms with Crippen molar-refractivity contribution in [1.29, 1.82) is 0 Å². The highest BCUT2D eigenvalue weighted by Crippen LogP contribution is 2.25. The molecule has 5 nitrogen and oxygen atoms in total. The number of rotatable bonds is 13. The van der Waals surface area contributed by atoms with Crippen molar-refractivity contribution in [1.82, 2.24) is 9.88 Å². The van der Waals surface area contributed by atoms with Crippen LogP contribution in [0, 0.1) is 6.92 Å². The van der Waals surface area contributed by atoms with Gasteiger partial charge in [-0.25, -0.2) is 0 Å². The number of fused-ring (bicyclic) bond motifs is 1. The van der Waals surface area contributed by atoms with Crippen LogP contribution in [0.25, 0.3) is 10.9 Å². The van der Waals surface area contributed by atoms with Crippen LogP contribution in [0.2, 0.25) is 0 Å². The fraction of sp³-hybridized carbons (Fsp3) is 0.565. The van der Waals surface area contributed by atoms with E-state index in [4.69, 9.17) is 5.11 Å². The average molecular weight is 387 g/mol. The van der Waals surface area contributed by atoms with Crippen LogP contribution in [-0.4, -0.2) is 28.1 Å². The molecule has 154 valence electrons. The van der Waals surface area contributed by atoms with Crippen molar-refractivity contribution >= 4 is 22.8 Å². The van der Waals surface area contributed by atoms with E-state index in [0.717, 1.165) is 60.8 Å². The van der Waals surface area contributed by atoms with Crippen molar-refractivity contribution in [2.75, 3.05) is 6.54 Å². The van der Waals surface area contributed by atoms with Gasteiger partial charge < -0.3 is 15.0 Å². The number of carboxylic acids is 1. The number of nitrogens with zero attached hydrogens (tertiary/aromatic N) is 1. The molecule has 28 heavy (non-hydrogen) atoms. The molecular formula is C23H34N2O3. The molecule has 0 fully saturated rings. The molecule has 2 aromatic rings. The highest BCUT2D eigenvalue weighted by Gasteiger charge is 2.18. The van der Waals surface area contributed by atoms with Gasteiger partial charge in [-0.3, -0.25) is 9.59 Å². The standard InChI is InChI=1S/C23H34N2O3/c1-3-25-20-15-12-11-14-19(20)18(2)22(25)23(28)24-17-13-9-7-5-4-6-8-10-16-21(26)27/h11-12,14-15H,3-10,13,16-17H2,1-2H3,(H,24,28)(H,26,27). The summed E-state index contributed by atoms with van der Waals surface area (Å²) >= 11 is 0. The Labute approximate surface area is 168 Å². The fourth-order valence-electron chi connectivity index (χ4n) is 3.85. The quantitative estimate of drug-likeness (QED) is 0.459. The first-order chi connectivity index (χ1) is 13.6. The summed E-state index contributed by atoms with van der Waals surface area (Å²) in [5.41, 5.74) is 2.96. The lowest BCUT2D eigenvalue weighted by Crippen LogP contribution is -2.27. The van der Waals surface area contributed by atoms with Gasteiger partial charge in [-0.1, -0.05) is 56.7 Å². The summed E-state index contributed by atoms with van der Waals surface area (Å²) in [5, 5.41) is 12.8. The van der Waals surface area contributed by atoms with Gasteiger partial charge in [0.1, 0.15) is 5.69 Å². The molecule has 1 aromatic heterocycles. The Morgan fingerprint density at radius 1 is 0.964 bits per heavy atom. The molecule has 1 amide bonds. The van der Waals surface area contributed by atoms with Crippen LogP contribution in [0.15, 0.2) is 24.3 Å². The molecule has 2 N–H and O–H groups in total. The summed E-state index contributed by atoms with van der Waals surface area (Å²) in [6.45, 7) is 5.59. The maximum Gasteiger partial charge on any atom is 0.303 e. The van der Waals surface area contributed by atoms with Crippen molar-refractivity contribution in [3.05, 3.63) is 35.5 Å². The zero-order valence-electron chi connectivity index (χ0n) is 17.3. The van der Waals surface area contributed by atoms with Crippen LogP contribution in [0.3, 0.4) is 0 Å². The van der Waals surface area contributed by atoms with E-state index in [1.165, 1.54) is 19.3 Å². The predicted molar refractivity (Wildman–Crippen MR) is 114 cm³/mol. The van der Waals surface area contributed by atoms with Crippen LogP contribution < -0.4 is 5.32 Å². The van der Waals surface area contributed by atoms with Crippen molar-refractivity contribution in [3.8, 4) is 0 Å². The number of carbonyl (C=O) groups is 2. The second kappa shape index (κ2) is 11.5. The van der Waals surface area contributed by atoms with Crippen LogP contribution in [-0.2, 0) is 11.3 Å². The second-order valence-electron chi connectivity index (χ2n) is 7.46. The smallest absolute Gasteiger partial charge is 0.303 e. The zero-order chi connectivity index (χ0) is 20.4. The highest BCUT2D eigenvalue weighted by atomic mass is 16.4. The highest BCUT2D eigenvalue weighted by molar-refractivity contribution is 6.01. The largest absolute Gasteiger partial charge is 0.481 e. The van der Waals surface area contributed by atoms with Crippen LogP contribution in [0.4, 0.5) is 0 Å². The molecule has 1 aromatic carbocycles. The summed E-state index contributed by atoms with van der Waals surface area (Å²) in [5.74, 6) is -0.675. The minimum Gasteiger partial charge on any atom is -0.481 e. The molecule has 5 heteroatoms. The Morgan fingerprint density at radius 2 is 1.57 bits per heavy atom. The fourth-order valence-corrected chi connectivity index (χ4v) is 3.85. The lowest BCUT2D eigenvalue weighted by atomic mass is 10.1. The van der Waals surface area contributed by atoms with Gasteiger partial charge in [0.05, 0.1) is 0 Å². The van der Waals surface area contributed by atoms with E-state index in [2.05, 4.69) is 28.9 Å². The monoisotopic (exact) mass is 386 g/mol. The van der Waals surface area contributed by atoms with Crippen LogP contribution >= 0.6 is 0 Å². The number of nitrogens with one attached hydrogen (secondary N) is 1. The molecule has 0 saturated carbocycles. The second-order valence-corrected chi connectivity index (χ2v) is 7.46. The summed E-state index contributed by atoms with van der Waals surface area (Å²) < 4.78 is 2.10. The topological polar surface area (TPSA) is 71.3 Å². The minimum atomic E-state index is -0.698. The summed E-state index contributed by atoms with van der Waals surface area (Å²) in [6, 6.07) is 8.19. The molecule has 1 heterocycles. The number of hydrogen-bond acceptors (Lipinski definition) is 2. The number of unbranched alkanes of at least 4 members (excludes halogenated alkanes) is 7. The van der Waals surface area contributed by atoms with Gasteiger partial charge in [0.15, 0.2) is 0 Å². The van der Waals surface area contributed by atoms with E-state index in [9.17, 15) is 9.59 Å². The Bertz CT molecular complexity index is 779. The first-order valence-electron chi connectivity index (χ1n) is 10.6. The average Bonchev–Trinajstić information content (AvgIpc) is 2.98. The molecule has 0 unspecified atom stereocenters. The summed E-state index contributed by atoms with van der Waals surface area (Å²) in [6.07, 6.45) is 8.83. The van der Waals surface area contributed by atoms with Gasteiger partial charge >= 0.3 is 5.97 Å². The van der Waals surface area contributed by atoms with Crippen molar-refractivity contribution in [2.45, 2.75) is 78.2 Å². The van der Waals surface area contributed by atoms with Gasteiger partial charge in [-0.05, 0) is 38.3 Å². The number of hydrogen-bond donors (Lipinski definition) is 2.